The van der Waals surface area contributed by atoms with Crippen LogP contribution in [0, 0.1) is 6.92 Å². The maximum atomic E-state index is 4.98. The first-order chi connectivity index (χ1) is 6.43. The van der Waals surface area contributed by atoms with E-state index in [9.17, 15) is 0 Å². The number of hydrogen-bond acceptors (Lipinski definition) is 2. The van der Waals surface area contributed by atoms with E-state index in [1.54, 1.807) is 11.3 Å². The molecule has 0 amide bonds. The Hall–Kier alpha value is -0.480. The molecule has 78 valence electrons. The topological polar surface area (TPSA) is 17.3 Å². The maximum absolute atomic E-state index is 4.98. The molecule has 0 fully saturated rings. The minimum atomic E-state index is 0.556. The van der Waals surface area contributed by atoms with Crippen LogP contribution in [0.25, 0.3) is 0 Å². The van der Waals surface area contributed by atoms with Crippen LogP contribution in [0.4, 0.5) is 0 Å². The summed E-state index contributed by atoms with van der Waals surface area (Å²) in [5, 5.41) is 0. The summed E-state index contributed by atoms with van der Waals surface area (Å²) in [6.45, 7) is 8.38. The monoisotopic (exact) mass is 228 g/mol. The lowest BCUT2D eigenvalue weighted by Crippen LogP contribution is -2.12. The zero-order valence-electron chi connectivity index (χ0n) is 9.29. The molecule has 2 nitrogen and oxygen atoms in total. The maximum Gasteiger partial charge on any atom is 0.190 e. The molecule has 0 atom stereocenters. The summed E-state index contributed by atoms with van der Waals surface area (Å²) in [7, 11) is 2.04. The number of rotatable bonds is 1. The molecule has 0 saturated heterocycles. The molecule has 0 aliphatic carbocycles. The van der Waals surface area contributed by atoms with Gasteiger partial charge >= 0.3 is 0 Å². The smallest absolute Gasteiger partial charge is 0.190 e. The van der Waals surface area contributed by atoms with Crippen molar-refractivity contribution in [3.8, 4) is 0 Å². The van der Waals surface area contributed by atoms with Crippen molar-refractivity contribution in [1.82, 2.24) is 4.57 Å². The van der Waals surface area contributed by atoms with Gasteiger partial charge in [0, 0.05) is 17.6 Å². The van der Waals surface area contributed by atoms with E-state index < -0.39 is 0 Å². The van der Waals surface area contributed by atoms with Gasteiger partial charge in [0.25, 0.3) is 0 Å². The second kappa shape index (κ2) is 4.36. The zero-order valence-corrected chi connectivity index (χ0v) is 10.9. The molecule has 0 bridgehead atoms. The van der Waals surface area contributed by atoms with Crippen molar-refractivity contribution in [2.45, 2.75) is 33.6 Å². The molecule has 0 aliphatic heterocycles. The van der Waals surface area contributed by atoms with Crippen LogP contribution in [0.3, 0.4) is 0 Å². The summed E-state index contributed by atoms with van der Waals surface area (Å²) >= 11 is 6.71. The standard InChI is InChI=1S/C10H16N2S2/c1-6(2)9-7(3)12(5)10(14-9)11-8(4)13/h6H,1-5H3. The van der Waals surface area contributed by atoms with Crippen molar-refractivity contribution in [3.05, 3.63) is 15.4 Å². The lowest BCUT2D eigenvalue weighted by atomic mass is 10.1. The first kappa shape index (κ1) is 11.6. The van der Waals surface area contributed by atoms with E-state index in [1.165, 1.54) is 10.6 Å². The number of hydrogen-bond donors (Lipinski definition) is 0. The lowest BCUT2D eigenvalue weighted by molar-refractivity contribution is 0.798. The predicted molar refractivity (Wildman–Crippen MR) is 66.0 cm³/mol. The molecule has 1 aromatic heterocycles. The molecular formula is C10H16N2S2. The highest BCUT2D eigenvalue weighted by molar-refractivity contribution is 7.80. The first-order valence-corrected chi connectivity index (χ1v) is 5.87. The van der Waals surface area contributed by atoms with E-state index in [0.29, 0.717) is 10.9 Å². The molecule has 0 unspecified atom stereocenters. The Labute approximate surface area is 94.3 Å². The van der Waals surface area contributed by atoms with Gasteiger partial charge in [0.05, 0.1) is 0 Å². The molecule has 0 spiro atoms. The molecular weight excluding hydrogens is 212 g/mol. The number of thiocarbonyl (C=S) groups is 1. The van der Waals surface area contributed by atoms with E-state index in [4.69, 9.17) is 12.2 Å². The van der Waals surface area contributed by atoms with Crippen molar-refractivity contribution in [3.63, 3.8) is 0 Å². The van der Waals surface area contributed by atoms with Gasteiger partial charge in [-0.2, -0.15) is 0 Å². The van der Waals surface area contributed by atoms with Crippen molar-refractivity contribution in [2.24, 2.45) is 12.0 Å². The Morgan fingerprint density at radius 3 is 2.43 bits per heavy atom. The van der Waals surface area contributed by atoms with Gasteiger partial charge in [-0.3, -0.25) is 0 Å². The average Bonchev–Trinajstić information content (AvgIpc) is 2.32. The van der Waals surface area contributed by atoms with E-state index >= 15 is 0 Å². The highest BCUT2D eigenvalue weighted by Crippen LogP contribution is 2.21. The Kier molecular flexibility index (Phi) is 3.61. The third-order valence-electron chi connectivity index (χ3n) is 2.13. The van der Waals surface area contributed by atoms with Crippen molar-refractivity contribution in [1.29, 1.82) is 0 Å². The van der Waals surface area contributed by atoms with Gasteiger partial charge in [0.15, 0.2) is 4.80 Å². The zero-order chi connectivity index (χ0) is 10.9. The van der Waals surface area contributed by atoms with Crippen LogP contribution in [0.2, 0.25) is 0 Å². The normalized spacial score (nSPS) is 12.6. The fourth-order valence-corrected chi connectivity index (χ4v) is 2.64. The first-order valence-electron chi connectivity index (χ1n) is 4.65. The van der Waals surface area contributed by atoms with E-state index in [1.807, 2.05) is 14.0 Å². The molecule has 0 radical (unpaired) electrons. The third kappa shape index (κ3) is 2.30. The van der Waals surface area contributed by atoms with Crippen molar-refractivity contribution < 1.29 is 0 Å². The second-order valence-electron chi connectivity index (χ2n) is 3.68. The van der Waals surface area contributed by atoms with Gasteiger partial charge in [-0.1, -0.05) is 26.1 Å². The van der Waals surface area contributed by atoms with Crippen molar-refractivity contribution in [2.75, 3.05) is 0 Å². The number of aromatic nitrogens is 1. The van der Waals surface area contributed by atoms with Crippen LogP contribution in [0.5, 0.6) is 0 Å². The molecule has 4 heteroatoms. The quantitative estimate of drug-likeness (QED) is 0.676. The van der Waals surface area contributed by atoms with Gasteiger partial charge in [-0.05, 0) is 19.8 Å². The van der Waals surface area contributed by atoms with Gasteiger partial charge in [0.2, 0.25) is 0 Å². The molecule has 1 heterocycles. The summed E-state index contributed by atoms with van der Waals surface area (Å²) in [4.78, 5) is 7.42. The molecule has 14 heavy (non-hydrogen) atoms. The van der Waals surface area contributed by atoms with Crippen molar-refractivity contribution >= 4 is 28.5 Å². The van der Waals surface area contributed by atoms with Gasteiger partial charge in [0.1, 0.15) is 4.99 Å². The summed E-state index contributed by atoms with van der Waals surface area (Å²) in [5.74, 6) is 0.556. The Bertz CT molecular complexity index is 410. The van der Waals surface area contributed by atoms with Crippen LogP contribution < -0.4 is 4.80 Å². The Morgan fingerprint density at radius 2 is 2.07 bits per heavy atom. The Balaban J connectivity index is 3.36. The van der Waals surface area contributed by atoms with E-state index in [2.05, 4.69) is 30.3 Å². The van der Waals surface area contributed by atoms with E-state index in [0.717, 1.165) is 4.80 Å². The molecule has 0 saturated carbocycles. The highest BCUT2D eigenvalue weighted by atomic mass is 32.1. The fourth-order valence-electron chi connectivity index (χ4n) is 1.32. The summed E-state index contributed by atoms with van der Waals surface area (Å²) < 4.78 is 2.11. The van der Waals surface area contributed by atoms with Gasteiger partial charge in [-0.15, -0.1) is 11.3 Å². The molecule has 0 aromatic carbocycles. The molecule has 1 rings (SSSR count). The second-order valence-corrected chi connectivity index (χ2v) is 5.28. The highest BCUT2D eigenvalue weighted by Gasteiger charge is 2.09. The van der Waals surface area contributed by atoms with Crippen LogP contribution in [0.15, 0.2) is 4.99 Å². The Morgan fingerprint density at radius 1 is 1.50 bits per heavy atom. The minimum Gasteiger partial charge on any atom is -0.324 e. The van der Waals surface area contributed by atoms with Crippen LogP contribution in [-0.2, 0) is 7.05 Å². The third-order valence-corrected chi connectivity index (χ3v) is 3.75. The van der Waals surface area contributed by atoms with Crippen LogP contribution in [0.1, 0.15) is 37.3 Å². The summed E-state index contributed by atoms with van der Waals surface area (Å²) in [6, 6.07) is 0. The fraction of sp³-hybridized carbons (Fsp3) is 0.600. The van der Waals surface area contributed by atoms with E-state index in [-0.39, 0.29) is 0 Å². The van der Waals surface area contributed by atoms with Gasteiger partial charge < -0.3 is 4.57 Å². The SMILES string of the molecule is CC(=S)N=c1sc(C(C)C)c(C)n1C. The molecule has 0 aliphatic rings. The number of nitrogens with zero attached hydrogens (tertiary/aromatic N) is 2. The number of thiazole rings is 1. The van der Waals surface area contributed by atoms with Gasteiger partial charge in [-0.25, -0.2) is 4.99 Å². The lowest BCUT2D eigenvalue weighted by Gasteiger charge is -2.02. The van der Waals surface area contributed by atoms with Crippen LogP contribution >= 0.6 is 23.6 Å². The summed E-state index contributed by atoms with van der Waals surface area (Å²) in [6.07, 6.45) is 0. The van der Waals surface area contributed by atoms with Crippen LogP contribution in [-0.4, -0.2) is 9.56 Å². The molecule has 1 aromatic rings. The molecule has 0 N–H and O–H groups in total. The minimum absolute atomic E-state index is 0.556. The average molecular weight is 228 g/mol. The largest absolute Gasteiger partial charge is 0.324 e. The summed E-state index contributed by atoms with van der Waals surface area (Å²) in [5.41, 5.74) is 1.29. The predicted octanol–water partition coefficient (Wildman–Crippen LogP) is 2.77.